The highest BCUT2D eigenvalue weighted by atomic mass is 19.4. The maximum atomic E-state index is 12.1. The standard InChI is InChI=1S/C12H21F3N4O2/c1-3-16-11(21)19-6-4-18(5-7-19)9(2)10(20)17-8-12(13,14)15/h9H,3-8H2,1-2H3,(H,16,21)(H,17,20). The zero-order valence-electron chi connectivity index (χ0n) is 12.2. The minimum absolute atomic E-state index is 0.161. The van der Waals surface area contributed by atoms with Gasteiger partial charge in [0, 0.05) is 32.7 Å². The van der Waals surface area contributed by atoms with Crippen molar-refractivity contribution < 1.29 is 22.8 Å². The molecule has 1 rings (SSSR count). The Balaban J connectivity index is 2.39. The number of hydrogen-bond donors (Lipinski definition) is 2. The summed E-state index contributed by atoms with van der Waals surface area (Å²) in [5.74, 6) is -0.654. The predicted molar refractivity (Wildman–Crippen MR) is 70.7 cm³/mol. The lowest BCUT2D eigenvalue weighted by atomic mass is 10.2. The third kappa shape index (κ3) is 5.78. The van der Waals surface area contributed by atoms with Crippen LogP contribution < -0.4 is 10.6 Å². The molecule has 6 nitrogen and oxygen atoms in total. The summed E-state index contributed by atoms with van der Waals surface area (Å²) < 4.78 is 36.2. The lowest BCUT2D eigenvalue weighted by Gasteiger charge is -2.37. The van der Waals surface area contributed by atoms with Crippen LogP contribution in [0.15, 0.2) is 0 Å². The highest BCUT2D eigenvalue weighted by Crippen LogP contribution is 2.13. The number of carbonyl (C=O) groups excluding carboxylic acids is 2. The van der Waals surface area contributed by atoms with E-state index >= 15 is 0 Å². The van der Waals surface area contributed by atoms with Gasteiger partial charge >= 0.3 is 12.2 Å². The molecule has 1 fully saturated rings. The van der Waals surface area contributed by atoms with Crippen molar-refractivity contribution in [1.82, 2.24) is 20.4 Å². The Bertz CT molecular complexity index is 368. The van der Waals surface area contributed by atoms with E-state index in [1.54, 1.807) is 16.7 Å². The van der Waals surface area contributed by atoms with Crippen LogP contribution in [-0.2, 0) is 4.79 Å². The van der Waals surface area contributed by atoms with Gasteiger partial charge in [-0.05, 0) is 13.8 Å². The summed E-state index contributed by atoms with van der Waals surface area (Å²) in [5.41, 5.74) is 0. The van der Waals surface area contributed by atoms with Crippen molar-refractivity contribution in [3.05, 3.63) is 0 Å². The van der Waals surface area contributed by atoms with Crippen LogP contribution in [0, 0.1) is 0 Å². The van der Waals surface area contributed by atoms with Crippen LogP contribution in [0.25, 0.3) is 0 Å². The number of urea groups is 1. The fourth-order valence-corrected chi connectivity index (χ4v) is 2.08. The van der Waals surface area contributed by atoms with Crippen LogP contribution in [0.2, 0.25) is 0 Å². The number of nitrogens with one attached hydrogen (secondary N) is 2. The van der Waals surface area contributed by atoms with Gasteiger partial charge in [0.25, 0.3) is 0 Å². The third-order valence-electron chi connectivity index (χ3n) is 3.32. The largest absolute Gasteiger partial charge is 0.405 e. The number of alkyl halides is 3. The Morgan fingerprint density at radius 3 is 2.19 bits per heavy atom. The van der Waals surface area contributed by atoms with Crippen molar-refractivity contribution in [3.63, 3.8) is 0 Å². The minimum Gasteiger partial charge on any atom is -0.346 e. The first kappa shape index (κ1) is 17.5. The predicted octanol–water partition coefficient (Wildman–Crippen LogP) is 0.400. The number of carbonyl (C=O) groups is 2. The molecule has 0 aromatic heterocycles. The molecule has 1 aliphatic rings. The van der Waals surface area contributed by atoms with E-state index in [1.165, 1.54) is 0 Å². The van der Waals surface area contributed by atoms with Crippen LogP contribution in [0.3, 0.4) is 0 Å². The van der Waals surface area contributed by atoms with E-state index in [9.17, 15) is 22.8 Å². The molecule has 0 aromatic rings. The summed E-state index contributed by atoms with van der Waals surface area (Å²) in [5, 5.41) is 4.56. The molecule has 122 valence electrons. The van der Waals surface area contributed by atoms with Gasteiger partial charge in [0.2, 0.25) is 5.91 Å². The maximum Gasteiger partial charge on any atom is 0.405 e. The zero-order chi connectivity index (χ0) is 16.0. The Morgan fingerprint density at radius 1 is 1.14 bits per heavy atom. The Kier molecular flexibility index (Phi) is 6.25. The molecule has 0 aliphatic carbocycles. The Morgan fingerprint density at radius 2 is 1.71 bits per heavy atom. The number of hydrogen-bond acceptors (Lipinski definition) is 3. The Labute approximate surface area is 121 Å². The molecule has 21 heavy (non-hydrogen) atoms. The first-order chi connectivity index (χ1) is 9.74. The van der Waals surface area contributed by atoms with Gasteiger partial charge in [-0.2, -0.15) is 13.2 Å². The molecule has 0 radical (unpaired) electrons. The number of piperazine rings is 1. The van der Waals surface area contributed by atoms with Crippen molar-refractivity contribution >= 4 is 11.9 Å². The third-order valence-corrected chi connectivity index (χ3v) is 3.32. The van der Waals surface area contributed by atoms with Crippen molar-refractivity contribution in [2.75, 3.05) is 39.3 Å². The van der Waals surface area contributed by atoms with Crippen molar-refractivity contribution in [3.8, 4) is 0 Å². The van der Waals surface area contributed by atoms with E-state index in [4.69, 9.17) is 0 Å². The average molecular weight is 310 g/mol. The molecular formula is C12H21F3N4O2. The van der Waals surface area contributed by atoms with Gasteiger partial charge in [-0.15, -0.1) is 0 Å². The van der Waals surface area contributed by atoms with Crippen molar-refractivity contribution in [2.24, 2.45) is 0 Å². The van der Waals surface area contributed by atoms with E-state index < -0.39 is 24.7 Å². The molecule has 3 amide bonds. The summed E-state index contributed by atoms with van der Waals surface area (Å²) in [6.45, 7) is 4.40. The van der Waals surface area contributed by atoms with Crippen molar-refractivity contribution in [2.45, 2.75) is 26.1 Å². The van der Waals surface area contributed by atoms with Crippen LogP contribution in [0.4, 0.5) is 18.0 Å². The first-order valence-electron chi connectivity index (χ1n) is 6.86. The van der Waals surface area contributed by atoms with Crippen LogP contribution in [0.1, 0.15) is 13.8 Å². The summed E-state index contributed by atoms with van der Waals surface area (Å²) in [7, 11) is 0. The van der Waals surface area contributed by atoms with E-state index in [0.717, 1.165) is 0 Å². The highest BCUT2D eigenvalue weighted by molar-refractivity contribution is 5.81. The van der Waals surface area contributed by atoms with Crippen LogP contribution in [0.5, 0.6) is 0 Å². The fourth-order valence-electron chi connectivity index (χ4n) is 2.08. The second-order valence-electron chi connectivity index (χ2n) is 4.87. The summed E-state index contributed by atoms with van der Waals surface area (Å²) >= 11 is 0. The summed E-state index contributed by atoms with van der Waals surface area (Å²) in [4.78, 5) is 26.7. The van der Waals surface area contributed by atoms with Gasteiger partial charge in [0.15, 0.2) is 0 Å². The van der Waals surface area contributed by atoms with E-state index in [1.807, 2.05) is 12.2 Å². The van der Waals surface area contributed by atoms with E-state index in [-0.39, 0.29) is 6.03 Å². The Hall–Kier alpha value is -1.51. The highest BCUT2D eigenvalue weighted by Gasteiger charge is 2.31. The zero-order valence-corrected chi connectivity index (χ0v) is 12.2. The number of halogens is 3. The van der Waals surface area contributed by atoms with Crippen LogP contribution >= 0.6 is 0 Å². The second kappa shape index (κ2) is 7.48. The molecule has 2 N–H and O–H groups in total. The fraction of sp³-hybridized carbons (Fsp3) is 0.833. The SMILES string of the molecule is CCNC(=O)N1CCN(C(C)C(=O)NCC(F)(F)F)CC1. The molecule has 9 heteroatoms. The lowest BCUT2D eigenvalue weighted by molar-refractivity contribution is -0.141. The quantitative estimate of drug-likeness (QED) is 0.790. The molecule has 1 heterocycles. The smallest absolute Gasteiger partial charge is 0.346 e. The normalized spacial score (nSPS) is 18.2. The summed E-state index contributed by atoms with van der Waals surface area (Å²) in [6.07, 6.45) is -4.41. The minimum atomic E-state index is -4.41. The molecule has 1 saturated heterocycles. The molecule has 1 unspecified atom stereocenters. The molecule has 0 aromatic carbocycles. The molecule has 1 aliphatic heterocycles. The van der Waals surface area contributed by atoms with Crippen LogP contribution in [-0.4, -0.2) is 73.2 Å². The van der Waals surface area contributed by atoms with Crippen molar-refractivity contribution in [1.29, 1.82) is 0 Å². The monoisotopic (exact) mass is 310 g/mol. The molecular weight excluding hydrogens is 289 g/mol. The molecule has 0 spiro atoms. The average Bonchev–Trinajstić information content (AvgIpc) is 2.43. The molecule has 0 saturated carbocycles. The number of amides is 3. The lowest BCUT2D eigenvalue weighted by Crippen LogP contribution is -2.56. The van der Waals surface area contributed by atoms with Gasteiger partial charge in [-0.25, -0.2) is 4.79 Å². The summed E-state index contributed by atoms with van der Waals surface area (Å²) in [6, 6.07) is -0.810. The number of nitrogens with zero attached hydrogens (tertiary/aromatic N) is 2. The van der Waals surface area contributed by atoms with Gasteiger partial charge in [-0.1, -0.05) is 0 Å². The van der Waals surface area contributed by atoms with Gasteiger partial charge in [0.1, 0.15) is 6.54 Å². The first-order valence-corrected chi connectivity index (χ1v) is 6.86. The van der Waals surface area contributed by atoms with E-state index in [0.29, 0.717) is 32.7 Å². The van der Waals surface area contributed by atoms with Gasteiger partial charge in [0.05, 0.1) is 6.04 Å². The van der Waals surface area contributed by atoms with E-state index in [2.05, 4.69) is 5.32 Å². The topological polar surface area (TPSA) is 64.7 Å². The molecule has 0 bridgehead atoms. The van der Waals surface area contributed by atoms with Gasteiger partial charge in [-0.3, -0.25) is 9.69 Å². The second-order valence-corrected chi connectivity index (χ2v) is 4.87. The number of rotatable bonds is 4. The van der Waals surface area contributed by atoms with Gasteiger partial charge < -0.3 is 15.5 Å². The molecule has 1 atom stereocenters. The maximum absolute atomic E-state index is 12.1.